The van der Waals surface area contributed by atoms with Crippen molar-refractivity contribution < 1.29 is 52.5 Å². The number of carbonyl (C=O) groups is 4. The van der Waals surface area contributed by atoms with Crippen LogP contribution in [0.25, 0.3) is 43.6 Å². The lowest BCUT2D eigenvalue weighted by Gasteiger charge is -2.17. The maximum absolute atomic E-state index is 14.3. The Kier molecular flexibility index (Phi) is 18.6. The Morgan fingerprint density at radius 2 is 1.30 bits per heavy atom. The highest BCUT2D eigenvalue weighted by atomic mass is 35.5. The Morgan fingerprint density at radius 3 is 2.09 bits per heavy atom. The normalized spacial score (nSPS) is 11.5. The second-order valence-corrected chi connectivity index (χ2v) is 22.2. The van der Waals surface area contributed by atoms with E-state index in [1.165, 1.54) is 18.2 Å². The zero-order valence-electron chi connectivity index (χ0n) is 49.2. The number of hydrogen-bond acceptors (Lipinski definition) is 10. The fraction of sp³-hybridized carbons (Fsp3) is 0.151. The number of hydrogen-bond donors (Lipinski definition) is 7. The summed E-state index contributed by atoms with van der Waals surface area (Å²) in [6.07, 6.45) is 3.66. The number of aryl methyl sites for hydroxylation is 3. The molecule has 3 aromatic heterocycles. The third-order valence-electron chi connectivity index (χ3n) is 15.7. The molecule has 0 aliphatic heterocycles. The van der Waals surface area contributed by atoms with E-state index in [1.807, 2.05) is 103 Å². The van der Waals surface area contributed by atoms with Crippen molar-refractivity contribution in [1.29, 1.82) is 0 Å². The quantitative estimate of drug-likeness (QED) is 0.0358. The third kappa shape index (κ3) is 14.1. The van der Waals surface area contributed by atoms with Crippen LogP contribution in [0.4, 0.5) is 15.8 Å². The number of aromatic nitrogens is 1. The van der Waals surface area contributed by atoms with Crippen molar-refractivity contribution in [2.24, 2.45) is 0 Å². The predicted octanol–water partition coefficient (Wildman–Crippen LogP) is 15.3. The second-order valence-electron chi connectivity index (χ2n) is 21.8. The fourth-order valence-electron chi connectivity index (χ4n) is 11.0. The molecule has 454 valence electrons. The highest BCUT2D eigenvalue weighted by Gasteiger charge is 2.21. The number of anilines is 2. The van der Waals surface area contributed by atoms with E-state index >= 15 is 0 Å². The van der Waals surface area contributed by atoms with Crippen LogP contribution in [0, 0.1) is 5.82 Å². The van der Waals surface area contributed by atoms with E-state index in [0.29, 0.717) is 113 Å². The first-order valence-electron chi connectivity index (χ1n) is 29.4. The third-order valence-corrected chi connectivity index (χ3v) is 15.9. The van der Waals surface area contributed by atoms with Crippen molar-refractivity contribution in [3.63, 3.8) is 0 Å². The van der Waals surface area contributed by atoms with Crippen molar-refractivity contribution in [3.05, 3.63) is 262 Å². The topological polar surface area (TPSA) is 218 Å². The number of nitrogens with zero attached hydrogens (tertiary/aromatic N) is 1. The fourth-order valence-corrected chi connectivity index (χ4v) is 11.2. The first kappa shape index (κ1) is 60.8. The first-order chi connectivity index (χ1) is 43.7. The SMILES string of the molecule is CC(CNC(=O)c1ccc(NC(=O)c2cc3ccccc3o2)c(CCc2ccc(O)c(O)c2)c1)c1ccc(F)c2ccccc12.CCn1c(C(=O)Nc2ccc(C(=O)NCCc3cc(Cl)cc4occc34)cc2OCCc2ccc(O)cc2)cc2ccccc21. The Morgan fingerprint density at radius 1 is 0.589 bits per heavy atom. The molecule has 0 aliphatic rings. The zero-order chi connectivity index (χ0) is 62.8. The zero-order valence-corrected chi connectivity index (χ0v) is 49.9. The number of carbonyl (C=O) groups excluding carboxylic acids is 4. The van der Waals surface area contributed by atoms with Crippen LogP contribution in [0.1, 0.15) is 89.3 Å². The van der Waals surface area contributed by atoms with Crippen molar-refractivity contribution in [3.8, 4) is 23.0 Å². The smallest absolute Gasteiger partial charge is 0.291 e. The van der Waals surface area contributed by atoms with Gasteiger partial charge in [-0.25, -0.2) is 4.39 Å². The van der Waals surface area contributed by atoms with Crippen molar-refractivity contribution in [2.45, 2.75) is 52.0 Å². The molecule has 0 bridgehead atoms. The number of benzene rings is 9. The van der Waals surface area contributed by atoms with Gasteiger partial charge in [-0.3, -0.25) is 19.2 Å². The molecular weight excluding hydrogens is 1160 g/mol. The number of ether oxygens (including phenoxy) is 1. The molecule has 17 heteroatoms. The van der Waals surface area contributed by atoms with Crippen LogP contribution in [-0.2, 0) is 32.2 Å². The average Bonchev–Trinajstić information content (AvgIpc) is 1.93. The minimum atomic E-state index is -0.424. The number of aromatic hydroxyl groups is 3. The number of nitrogens with one attached hydrogen (secondary N) is 4. The van der Waals surface area contributed by atoms with Gasteiger partial charge in [0.05, 0.1) is 18.6 Å². The van der Waals surface area contributed by atoms with Gasteiger partial charge in [0, 0.05) is 81.0 Å². The summed E-state index contributed by atoms with van der Waals surface area (Å²) >= 11 is 6.25. The standard InChI is InChI=1S/C37H31FN2O5.C36H32ClN3O5/c1-22(27-14-15-30(38)29-8-4-3-7-28(27)29)21-39-36(43)26-13-16-31(24(19-26)12-10-23-11-17-32(41)33(42)18-23)40-37(44)35-20-25-6-2-5-9-34(25)45-35;1-2-40-31-6-4-3-5-25(31)20-32(40)36(43)39-30-12-9-26(21-34(30)45-17-14-23-7-10-28(41)11-8-23)35(42)38-16-13-24-19-27(37)22-33-29(24)15-18-44-33/h2-9,11,13-20,22,41-42H,10,12,21H2,1H3,(H,39,43)(H,40,44);3-12,15,18-22,41H,2,13-14,16-17H2,1H3,(H,38,42)(H,39,43). The van der Waals surface area contributed by atoms with Gasteiger partial charge in [-0.05, 0) is 168 Å². The van der Waals surface area contributed by atoms with E-state index in [2.05, 4.69) is 21.3 Å². The molecule has 0 saturated carbocycles. The highest BCUT2D eigenvalue weighted by Crippen LogP contribution is 2.33. The number of para-hydroxylation sites is 2. The van der Waals surface area contributed by atoms with E-state index in [1.54, 1.807) is 97.3 Å². The number of phenolic OH excluding ortho intramolecular Hbond substituents is 3. The summed E-state index contributed by atoms with van der Waals surface area (Å²) < 4.78 is 33.7. The predicted molar refractivity (Wildman–Crippen MR) is 349 cm³/mol. The largest absolute Gasteiger partial charge is 0.508 e. The lowest BCUT2D eigenvalue weighted by molar-refractivity contribution is 0.0944. The van der Waals surface area contributed by atoms with Gasteiger partial charge in [-0.15, -0.1) is 0 Å². The molecule has 3 heterocycles. The second kappa shape index (κ2) is 27.5. The summed E-state index contributed by atoms with van der Waals surface area (Å²) in [6, 6.07) is 56.4. The number of furan rings is 2. The number of fused-ring (bicyclic) bond motifs is 4. The first-order valence-corrected chi connectivity index (χ1v) is 29.8. The van der Waals surface area contributed by atoms with E-state index in [4.69, 9.17) is 25.2 Å². The Hall–Kier alpha value is -10.8. The average molecular weight is 1220 g/mol. The molecule has 0 aliphatic carbocycles. The molecule has 0 spiro atoms. The molecule has 0 fully saturated rings. The van der Waals surface area contributed by atoms with Crippen LogP contribution in [0.5, 0.6) is 23.0 Å². The number of rotatable bonds is 20. The minimum absolute atomic E-state index is 0.0801. The molecule has 1 unspecified atom stereocenters. The van der Waals surface area contributed by atoms with Crippen molar-refractivity contribution in [1.82, 2.24) is 15.2 Å². The summed E-state index contributed by atoms with van der Waals surface area (Å²) in [5.74, 6) is -1.32. The van der Waals surface area contributed by atoms with E-state index in [9.17, 15) is 38.9 Å². The highest BCUT2D eigenvalue weighted by molar-refractivity contribution is 6.31. The van der Waals surface area contributed by atoms with Crippen LogP contribution in [0.2, 0.25) is 5.02 Å². The van der Waals surface area contributed by atoms with Crippen molar-refractivity contribution in [2.75, 3.05) is 30.3 Å². The van der Waals surface area contributed by atoms with Gasteiger partial charge in [-0.2, -0.15) is 0 Å². The number of phenols is 3. The lowest BCUT2D eigenvalue weighted by Crippen LogP contribution is -2.27. The van der Waals surface area contributed by atoms with Gasteiger partial charge < -0.3 is 54.7 Å². The molecule has 0 radical (unpaired) electrons. The summed E-state index contributed by atoms with van der Waals surface area (Å²) in [4.78, 5) is 53.2. The number of amides is 4. The van der Waals surface area contributed by atoms with E-state index in [0.717, 1.165) is 49.3 Å². The minimum Gasteiger partial charge on any atom is -0.508 e. The summed E-state index contributed by atoms with van der Waals surface area (Å²) in [6.45, 7) is 5.63. The Bertz CT molecular complexity index is 4600. The molecule has 4 amide bonds. The Labute approximate surface area is 522 Å². The number of halogens is 2. The summed E-state index contributed by atoms with van der Waals surface area (Å²) in [5.41, 5.74) is 8.98. The van der Waals surface area contributed by atoms with Crippen LogP contribution >= 0.6 is 11.6 Å². The van der Waals surface area contributed by atoms with Crippen LogP contribution in [-0.4, -0.2) is 63.2 Å². The van der Waals surface area contributed by atoms with Gasteiger partial charge in [0.2, 0.25) is 0 Å². The maximum atomic E-state index is 14.3. The van der Waals surface area contributed by atoms with Crippen LogP contribution in [0.3, 0.4) is 0 Å². The van der Waals surface area contributed by atoms with E-state index < -0.39 is 5.91 Å². The molecule has 7 N–H and O–H groups in total. The van der Waals surface area contributed by atoms with Crippen molar-refractivity contribution >= 4 is 90.2 Å². The molecule has 0 saturated heterocycles. The molecule has 12 aromatic rings. The van der Waals surface area contributed by atoms with Gasteiger partial charge in [0.25, 0.3) is 23.6 Å². The molecule has 9 aromatic carbocycles. The van der Waals surface area contributed by atoms with Crippen LogP contribution in [0.15, 0.2) is 209 Å². The molecule has 12 rings (SSSR count). The lowest BCUT2D eigenvalue weighted by atomic mass is 9.94. The molecule has 1 atom stereocenters. The van der Waals surface area contributed by atoms with Crippen LogP contribution < -0.4 is 26.0 Å². The summed E-state index contributed by atoms with van der Waals surface area (Å²) in [5, 5.41) is 45.8. The molecule has 90 heavy (non-hydrogen) atoms. The van der Waals surface area contributed by atoms with Gasteiger partial charge in [-0.1, -0.05) is 103 Å². The monoisotopic (exact) mass is 1220 g/mol. The molecule has 15 nitrogen and oxygen atoms in total. The summed E-state index contributed by atoms with van der Waals surface area (Å²) in [7, 11) is 0. The van der Waals surface area contributed by atoms with Gasteiger partial charge >= 0.3 is 0 Å². The van der Waals surface area contributed by atoms with Gasteiger partial charge in [0.15, 0.2) is 17.3 Å². The maximum Gasteiger partial charge on any atom is 0.291 e. The van der Waals surface area contributed by atoms with E-state index in [-0.39, 0.29) is 52.5 Å². The Balaban J connectivity index is 0.000000185. The van der Waals surface area contributed by atoms with Gasteiger partial charge in [0.1, 0.15) is 34.2 Å². The molecular formula is C73H63ClFN5O10.